The number of hydrogen-bond donors (Lipinski definition) is 1. The van der Waals surface area contributed by atoms with Crippen LogP contribution < -0.4 is 0 Å². The number of alkyl halides is 1. The van der Waals surface area contributed by atoms with Gasteiger partial charge in [0, 0.05) is 25.4 Å². The number of unbranched alkanes of at least 4 members (excludes halogenated alkanes) is 1. The Kier molecular flexibility index (Phi) is 4.48. The quantitative estimate of drug-likeness (QED) is 0.673. The maximum atomic E-state index is 12.0. The molecule has 0 aromatic heterocycles. The molecule has 2 rings (SSSR count). The minimum atomic E-state index is 0.189. The summed E-state index contributed by atoms with van der Waals surface area (Å²) in [7, 11) is 0. The number of carbonyl (C=O) groups is 1. The average molecular weight is 268 g/mol. The van der Waals surface area contributed by atoms with Crippen molar-refractivity contribution in [1.82, 2.24) is 4.90 Å². The molecule has 0 saturated heterocycles. The zero-order chi connectivity index (χ0) is 13.0. The maximum Gasteiger partial charge on any atom is 0.222 e. The summed E-state index contributed by atoms with van der Waals surface area (Å²) in [6.45, 7) is 1.39. The predicted molar refractivity (Wildman–Crippen MR) is 71.8 cm³/mol. The molecule has 0 spiro atoms. The highest BCUT2D eigenvalue weighted by molar-refractivity contribution is 6.17. The smallest absolute Gasteiger partial charge is 0.222 e. The fraction of sp³-hybridized carbons (Fsp3) is 0.500. The van der Waals surface area contributed by atoms with Crippen molar-refractivity contribution in [1.29, 1.82) is 0 Å². The highest BCUT2D eigenvalue weighted by atomic mass is 35.5. The molecule has 0 unspecified atom stereocenters. The first-order valence-corrected chi connectivity index (χ1v) is 6.88. The first-order valence-electron chi connectivity index (χ1n) is 6.35. The Bertz CT molecular complexity index is 434. The van der Waals surface area contributed by atoms with Gasteiger partial charge >= 0.3 is 0 Å². The summed E-state index contributed by atoms with van der Waals surface area (Å²) in [6.07, 6.45) is 3.18. The Morgan fingerprint density at radius 3 is 2.94 bits per heavy atom. The largest absolute Gasteiger partial charge is 0.508 e. The van der Waals surface area contributed by atoms with Crippen LogP contribution >= 0.6 is 11.6 Å². The molecule has 0 aliphatic carbocycles. The van der Waals surface area contributed by atoms with Gasteiger partial charge in [0.05, 0.1) is 0 Å². The van der Waals surface area contributed by atoms with E-state index in [1.807, 2.05) is 11.0 Å². The third-order valence-corrected chi connectivity index (χ3v) is 3.60. The number of fused-ring (bicyclic) bond motifs is 1. The summed E-state index contributed by atoms with van der Waals surface area (Å²) in [5, 5.41) is 9.47. The molecule has 1 aromatic rings. The van der Waals surface area contributed by atoms with Gasteiger partial charge in [-0.2, -0.15) is 0 Å². The van der Waals surface area contributed by atoms with Crippen LogP contribution in [-0.2, 0) is 17.8 Å². The number of hydrogen-bond acceptors (Lipinski definition) is 2. The summed E-state index contributed by atoms with van der Waals surface area (Å²) in [5.74, 6) is 1.07. The summed E-state index contributed by atoms with van der Waals surface area (Å²) in [5.41, 5.74) is 2.30. The Hall–Kier alpha value is -1.22. The van der Waals surface area contributed by atoms with Gasteiger partial charge in [-0.05, 0) is 42.5 Å². The molecule has 1 N–H and O–H groups in total. The van der Waals surface area contributed by atoms with E-state index in [1.165, 1.54) is 5.56 Å². The van der Waals surface area contributed by atoms with Gasteiger partial charge in [0.25, 0.3) is 0 Å². The molecule has 4 heteroatoms. The molecule has 1 amide bonds. The van der Waals surface area contributed by atoms with E-state index in [0.717, 1.165) is 31.4 Å². The summed E-state index contributed by atoms with van der Waals surface area (Å²) < 4.78 is 0. The highest BCUT2D eigenvalue weighted by Gasteiger charge is 2.20. The number of benzene rings is 1. The van der Waals surface area contributed by atoms with E-state index in [2.05, 4.69) is 0 Å². The lowest BCUT2D eigenvalue weighted by atomic mass is 9.99. The van der Waals surface area contributed by atoms with Gasteiger partial charge in [-0.1, -0.05) is 6.07 Å². The maximum absolute atomic E-state index is 12.0. The molecule has 1 heterocycles. The Balaban J connectivity index is 1.96. The van der Waals surface area contributed by atoms with Crippen molar-refractivity contribution in [3.05, 3.63) is 29.3 Å². The fourth-order valence-corrected chi connectivity index (χ4v) is 2.47. The zero-order valence-electron chi connectivity index (χ0n) is 10.4. The summed E-state index contributed by atoms with van der Waals surface area (Å²) in [4.78, 5) is 13.9. The number of phenols is 1. The van der Waals surface area contributed by atoms with E-state index in [-0.39, 0.29) is 11.7 Å². The molecule has 0 atom stereocenters. The molecule has 98 valence electrons. The van der Waals surface area contributed by atoms with Gasteiger partial charge < -0.3 is 10.0 Å². The number of phenolic OH excluding ortho intramolecular Hbond substituents is 1. The fourth-order valence-electron chi connectivity index (χ4n) is 2.29. The molecule has 0 fully saturated rings. The second kappa shape index (κ2) is 6.10. The lowest BCUT2D eigenvalue weighted by Gasteiger charge is -2.29. The molecule has 1 aliphatic rings. The molecule has 0 bridgehead atoms. The van der Waals surface area contributed by atoms with Crippen molar-refractivity contribution in [3.8, 4) is 5.75 Å². The normalized spacial score (nSPS) is 14.4. The van der Waals surface area contributed by atoms with Crippen molar-refractivity contribution in [2.75, 3.05) is 12.4 Å². The molecule has 18 heavy (non-hydrogen) atoms. The van der Waals surface area contributed by atoms with E-state index < -0.39 is 0 Å². The predicted octanol–water partition coefficient (Wildman–Crippen LogP) is 2.69. The second-order valence-electron chi connectivity index (χ2n) is 4.66. The van der Waals surface area contributed by atoms with Crippen LogP contribution in [0.4, 0.5) is 0 Å². The summed E-state index contributed by atoms with van der Waals surface area (Å²) in [6, 6.07) is 5.41. The van der Waals surface area contributed by atoms with Crippen molar-refractivity contribution in [3.63, 3.8) is 0 Å². The third-order valence-electron chi connectivity index (χ3n) is 3.33. The van der Waals surface area contributed by atoms with Gasteiger partial charge in [0.15, 0.2) is 0 Å². The van der Waals surface area contributed by atoms with Crippen LogP contribution in [0.2, 0.25) is 0 Å². The summed E-state index contributed by atoms with van der Waals surface area (Å²) >= 11 is 5.60. The van der Waals surface area contributed by atoms with E-state index >= 15 is 0 Å². The van der Waals surface area contributed by atoms with E-state index in [1.54, 1.807) is 12.1 Å². The lowest BCUT2D eigenvalue weighted by Crippen LogP contribution is -2.35. The lowest BCUT2D eigenvalue weighted by molar-refractivity contribution is -0.132. The van der Waals surface area contributed by atoms with Crippen molar-refractivity contribution in [2.45, 2.75) is 32.2 Å². The number of nitrogens with zero attached hydrogens (tertiary/aromatic N) is 1. The van der Waals surface area contributed by atoms with E-state index in [9.17, 15) is 9.90 Å². The number of amides is 1. The Morgan fingerprint density at radius 2 is 2.17 bits per heavy atom. The minimum Gasteiger partial charge on any atom is -0.508 e. The molecule has 1 aromatic carbocycles. The van der Waals surface area contributed by atoms with Gasteiger partial charge in [0.1, 0.15) is 5.75 Å². The standard InChI is InChI=1S/C14H18ClNO2/c15-7-2-1-3-14(18)16-8-6-11-4-5-13(17)9-12(11)10-16/h4-5,9,17H,1-3,6-8,10H2. The molecular weight excluding hydrogens is 250 g/mol. The first kappa shape index (κ1) is 13.2. The van der Waals surface area contributed by atoms with Crippen molar-refractivity contribution < 1.29 is 9.90 Å². The monoisotopic (exact) mass is 267 g/mol. The van der Waals surface area contributed by atoms with Crippen LogP contribution in [0.5, 0.6) is 5.75 Å². The van der Waals surface area contributed by atoms with Crippen LogP contribution in [0.1, 0.15) is 30.4 Å². The third kappa shape index (κ3) is 3.16. The first-order chi connectivity index (χ1) is 8.70. The molecule has 1 aliphatic heterocycles. The average Bonchev–Trinajstić information content (AvgIpc) is 2.38. The van der Waals surface area contributed by atoms with Crippen LogP contribution in [0.15, 0.2) is 18.2 Å². The number of aromatic hydroxyl groups is 1. The molecule has 0 saturated carbocycles. The minimum absolute atomic E-state index is 0.189. The van der Waals surface area contributed by atoms with Crippen LogP contribution in [-0.4, -0.2) is 28.3 Å². The van der Waals surface area contributed by atoms with Gasteiger partial charge in [0.2, 0.25) is 5.91 Å². The Labute approximate surface area is 112 Å². The van der Waals surface area contributed by atoms with E-state index in [0.29, 0.717) is 18.8 Å². The van der Waals surface area contributed by atoms with Crippen LogP contribution in [0.3, 0.4) is 0 Å². The van der Waals surface area contributed by atoms with Crippen LogP contribution in [0.25, 0.3) is 0 Å². The van der Waals surface area contributed by atoms with Gasteiger partial charge in [-0.3, -0.25) is 4.79 Å². The molecule has 0 radical (unpaired) electrons. The van der Waals surface area contributed by atoms with Gasteiger partial charge in [-0.15, -0.1) is 11.6 Å². The number of carbonyl (C=O) groups excluding carboxylic acids is 1. The molecule has 3 nitrogen and oxygen atoms in total. The van der Waals surface area contributed by atoms with Crippen molar-refractivity contribution >= 4 is 17.5 Å². The second-order valence-corrected chi connectivity index (χ2v) is 5.04. The van der Waals surface area contributed by atoms with Crippen molar-refractivity contribution in [2.24, 2.45) is 0 Å². The number of halogens is 1. The Morgan fingerprint density at radius 1 is 1.33 bits per heavy atom. The van der Waals surface area contributed by atoms with E-state index in [4.69, 9.17) is 11.6 Å². The highest BCUT2D eigenvalue weighted by Crippen LogP contribution is 2.23. The SMILES string of the molecule is O=C(CCCCCl)N1CCc2ccc(O)cc2C1. The van der Waals surface area contributed by atoms with Gasteiger partial charge in [-0.25, -0.2) is 0 Å². The zero-order valence-corrected chi connectivity index (χ0v) is 11.1. The topological polar surface area (TPSA) is 40.5 Å². The van der Waals surface area contributed by atoms with Crippen LogP contribution in [0, 0.1) is 0 Å². The molecular formula is C14H18ClNO2. The number of rotatable bonds is 4.